The number of Topliss-reactive ketones (excluding diaryl/α,β-unsaturated/α-hetero) is 1. The predicted octanol–water partition coefficient (Wildman–Crippen LogP) is 5.59. The van der Waals surface area contributed by atoms with E-state index in [-0.39, 0.29) is 17.3 Å². The van der Waals surface area contributed by atoms with Gasteiger partial charge in [0.15, 0.2) is 11.1 Å². The van der Waals surface area contributed by atoms with Gasteiger partial charge in [-0.2, -0.15) is 0 Å². The minimum Gasteiger partial charge on any atom is -0.494 e. The van der Waals surface area contributed by atoms with E-state index in [2.05, 4.69) is 0 Å². The van der Waals surface area contributed by atoms with Gasteiger partial charge in [-0.3, -0.25) is 4.79 Å². The summed E-state index contributed by atoms with van der Waals surface area (Å²) in [6.45, 7) is 2.50. The van der Waals surface area contributed by atoms with Gasteiger partial charge in [-0.15, -0.1) is 11.6 Å². The third kappa shape index (κ3) is 4.62. The highest BCUT2D eigenvalue weighted by Crippen LogP contribution is 2.35. The molecule has 0 fully saturated rings. The fourth-order valence-corrected chi connectivity index (χ4v) is 3.33. The molecular weight excluding hydrogens is 416 g/mol. The first kappa shape index (κ1) is 20.7. The first-order valence-corrected chi connectivity index (χ1v) is 10.2. The molecule has 0 N–H and O–H groups in total. The van der Waals surface area contributed by atoms with E-state index < -0.39 is 11.3 Å². The minimum absolute atomic E-state index is 0.196. The summed E-state index contributed by atoms with van der Waals surface area (Å²) in [5.74, 6) is 0.690. The van der Waals surface area contributed by atoms with Gasteiger partial charge in [-0.25, -0.2) is 4.79 Å². The first-order chi connectivity index (χ1) is 15.0. The molecule has 0 aliphatic carbocycles. The molecule has 6 heteroatoms. The number of halogens is 1. The third-order valence-corrected chi connectivity index (χ3v) is 5.08. The number of ketones is 1. The Hall–Kier alpha value is -3.57. The van der Waals surface area contributed by atoms with Gasteiger partial charge in [0.25, 0.3) is 0 Å². The second kappa shape index (κ2) is 9.06. The molecule has 1 aliphatic rings. The van der Waals surface area contributed by atoms with E-state index in [9.17, 15) is 9.59 Å². The van der Waals surface area contributed by atoms with Crippen LogP contribution in [-0.4, -0.2) is 18.4 Å². The lowest BCUT2D eigenvalue weighted by Gasteiger charge is -2.10. The maximum atomic E-state index is 12.7. The summed E-state index contributed by atoms with van der Waals surface area (Å²) in [5.41, 5.74) is 1.85. The van der Waals surface area contributed by atoms with Gasteiger partial charge in [-0.1, -0.05) is 42.5 Å². The number of hydrogen-bond donors (Lipinski definition) is 0. The van der Waals surface area contributed by atoms with Crippen molar-refractivity contribution in [1.82, 2.24) is 0 Å². The van der Waals surface area contributed by atoms with Crippen molar-refractivity contribution in [3.8, 4) is 17.2 Å². The topological polar surface area (TPSA) is 61.8 Å². The van der Waals surface area contributed by atoms with Crippen LogP contribution in [0.15, 0.2) is 78.6 Å². The Labute approximate surface area is 184 Å². The van der Waals surface area contributed by atoms with Gasteiger partial charge in [0, 0.05) is 6.07 Å². The van der Waals surface area contributed by atoms with Crippen LogP contribution in [0.4, 0.5) is 0 Å². The zero-order valence-corrected chi connectivity index (χ0v) is 17.5. The van der Waals surface area contributed by atoms with E-state index in [0.717, 1.165) is 11.3 Å². The quantitative estimate of drug-likeness (QED) is 0.219. The summed E-state index contributed by atoms with van der Waals surface area (Å²) in [7, 11) is 0. The fourth-order valence-electron chi connectivity index (χ4n) is 3.14. The van der Waals surface area contributed by atoms with Crippen LogP contribution < -0.4 is 14.2 Å². The van der Waals surface area contributed by atoms with Crippen molar-refractivity contribution in [2.24, 2.45) is 0 Å². The van der Waals surface area contributed by atoms with E-state index in [0.29, 0.717) is 23.5 Å². The molecule has 156 valence electrons. The van der Waals surface area contributed by atoms with Crippen molar-refractivity contribution in [3.63, 3.8) is 0 Å². The molecule has 0 amide bonds. The van der Waals surface area contributed by atoms with Crippen LogP contribution in [-0.2, 0) is 4.79 Å². The molecule has 1 atom stereocenters. The lowest BCUT2D eigenvalue weighted by atomic mass is 10.1. The highest BCUT2D eigenvalue weighted by Gasteiger charge is 2.28. The van der Waals surface area contributed by atoms with Crippen LogP contribution in [0, 0.1) is 0 Å². The summed E-state index contributed by atoms with van der Waals surface area (Å²) < 4.78 is 16.5. The second-order valence-electron chi connectivity index (χ2n) is 6.79. The summed E-state index contributed by atoms with van der Waals surface area (Å²) in [4.78, 5) is 25.0. The van der Waals surface area contributed by atoms with Gasteiger partial charge in [-0.05, 0) is 48.4 Å². The number of carbonyl (C=O) groups is 2. The Kier molecular flexibility index (Phi) is 6.05. The van der Waals surface area contributed by atoms with Crippen molar-refractivity contribution < 1.29 is 23.8 Å². The normalized spacial score (nSPS) is 14.6. The number of fused-ring (bicyclic) bond motifs is 1. The number of alkyl halides is 1. The molecular formula is C25H19ClO5. The van der Waals surface area contributed by atoms with E-state index in [1.807, 2.05) is 37.3 Å². The molecule has 1 unspecified atom stereocenters. The molecule has 0 radical (unpaired) electrons. The van der Waals surface area contributed by atoms with E-state index in [4.69, 9.17) is 25.8 Å². The number of hydrogen-bond acceptors (Lipinski definition) is 5. The number of allylic oxidation sites excluding steroid dienone is 1. The summed E-state index contributed by atoms with van der Waals surface area (Å²) in [5, 5.41) is -0.938. The van der Waals surface area contributed by atoms with Crippen LogP contribution >= 0.6 is 11.6 Å². The monoisotopic (exact) mass is 434 g/mol. The largest absolute Gasteiger partial charge is 0.494 e. The lowest BCUT2D eigenvalue weighted by molar-refractivity contribution is -0.134. The number of ether oxygens (including phenoxy) is 3. The van der Waals surface area contributed by atoms with Gasteiger partial charge < -0.3 is 14.2 Å². The van der Waals surface area contributed by atoms with Crippen LogP contribution in [0.2, 0.25) is 0 Å². The molecule has 31 heavy (non-hydrogen) atoms. The number of benzene rings is 3. The summed E-state index contributed by atoms with van der Waals surface area (Å²) in [6, 6.07) is 20.9. The van der Waals surface area contributed by atoms with Crippen molar-refractivity contribution in [2.45, 2.75) is 12.3 Å². The molecule has 1 aliphatic heterocycles. The number of rotatable bonds is 6. The highest BCUT2D eigenvalue weighted by atomic mass is 35.5. The zero-order valence-electron chi connectivity index (χ0n) is 16.7. The molecule has 3 aromatic rings. The van der Waals surface area contributed by atoms with Crippen LogP contribution in [0.5, 0.6) is 17.2 Å². The molecule has 0 bridgehead atoms. The minimum atomic E-state index is -0.938. The van der Waals surface area contributed by atoms with E-state index in [1.165, 1.54) is 6.07 Å². The Morgan fingerprint density at radius 1 is 1.03 bits per heavy atom. The number of esters is 1. The maximum Gasteiger partial charge on any atom is 0.334 e. The lowest BCUT2D eigenvalue weighted by Crippen LogP contribution is -2.14. The van der Waals surface area contributed by atoms with Crippen molar-refractivity contribution in [2.75, 3.05) is 6.61 Å². The Bertz CT molecular complexity index is 1140. The van der Waals surface area contributed by atoms with Crippen molar-refractivity contribution >= 4 is 29.4 Å². The summed E-state index contributed by atoms with van der Waals surface area (Å²) in [6.07, 6.45) is 1.66. The van der Waals surface area contributed by atoms with E-state index >= 15 is 0 Å². The smallest absolute Gasteiger partial charge is 0.334 e. The van der Waals surface area contributed by atoms with Crippen LogP contribution in [0.1, 0.15) is 33.8 Å². The highest BCUT2D eigenvalue weighted by molar-refractivity contribution is 6.30. The predicted molar refractivity (Wildman–Crippen MR) is 118 cm³/mol. The molecule has 0 saturated heterocycles. The molecule has 3 aromatic carbocycles. The van der Waals surface area contributed by atoms with Crippen LogP contribution in [0.3, 0.4) is 0 Å². The Morgan fingerprint density at radius 2 is 1.74 bits per heavy atom. The second-order valence-corrected chi connectivity index (χ2v) is 7.23. The Morgan fingerprint density at radius 3 is 2.45 bits per heavy atom. The molecule has 4 rings (SSSR count). The molecule has 5 nitrogen and oxygen atoms in total. The fraction of sp³-hybridized carbons (Fsp3) is 0.120. The van der Waals surface area contributed by atoms with Crippen molar-refractivity contribution in [1.29, 1.82) is 0 Å². The molecule has 1 heterocycles. The number of carbonyl (C=O) groups excluding carboxylic acids is 2. The average molecular weight is 435 g/mol. The third-order valence-electron chi connectivity index (χ3n) is 4.65. The Balaban J connectivity index is 1.48. The van der Waals surface area contributed by atoms with E-state index in [1.54, 1.807) is 42.5 Å². The molecule has 0 spiro atoms. The standard InChI is InChI=1S/C25H19ClO5/c1-2-29-18-10-8-16(9-11-18)14-22-24(27)20-13-12-19(15-21(20)31-22)30-25(28)23(26)17-6-4-3-5-7-17/h3-15,23H,2H2,1H3/b22-14-. The first-order valence-electron chi connectivity index (χ1n) is 9.77. The zero-order chi connectivity index (χ0) is 21.8. The van der Waals surface area contributed by atoms with Gasteiger partial charge in [0.05, 0.1) is 12.2 Å². The molecule has 0 aromatic heterocycles. The SMILES string of the molecule is CCOc1ccc(/C=C2\Oc3cc(OC(=O)C(Cl)c4ccccc4)ccc3C2=O)cc1. The van der Waals surface area contributed by atoms with Gasteiger partial charge in [0.1, 0.15) is 17.2 Å². The van der Waals surface area contributed by atoms with Crippen LogP contribution in [0.25, 0.3) is 6.08 Å². The molecule has 0 saturated carbocycles. The van der Waals surface area contributed by atoms with Gasteiger partial charge >= 0.3 is 5.97 Å². The van der Waals surface area contributed by atoms with Gasteiger partial charge in [0.2, 0.25) is 5.78 Å². The maximum absolute atomic E-state index is 12.7. The average Bonchev–Trinajstić information content (AvgIpc) is 3.10. The van der Waals surface area contributed by atoms with Crippen molar-refractivity contribution in [3.05, 3.63) is 95.2 Å². The summed E-state index contributed by atoms with van der Waals surface area (Å²) >= 11 is 6.21.